The summed E-state index contributed by atoms with van der Waals surface area (Å²) in [6.07, 6.45) is 19.5. The van der Waals surface area contributed by atoms with Crippen molar-refractivity contribution >= 4 is 28.1 Å². The van der Waals surface area contributed by atoms with Gasteiger partial charge < -0.3 is 0 Å². The largest absolute Gasteiger partial charge is 0.147 e. The van der Waals surface area contributed by atoms with Crippen molar-refractivity contribution in [1.29, 1.82) is 0 Å². The summed E-state index contributed by atoms with van der Waals surface area (Å²) < 4.78 is 4.35. The molecular formula is C31H34Cl2Hf. The average molecular weight is 656 g/mol. The molecule has 4 aliphatic carbocycles. The molecule has 0 nitrogen and oxygen atoms in total. The molecular weight excluding hydrogens is 622 g/mol. The maximum atomic E-state index is 2.53. The molecule has 0 atom stereocenters. The van der Waals surface area contributed by atoms with Crippen LogP contribution < -0.4 is 0 Å². The van der Waals surface area contributed by atoms with Crippen molar-refractivity contribution in [3.8, 4) is 0 Å². The summed E-state index contributed by atoms with van der Waals surface area (Å²) in [5.41, 5.74) is 10.5. The van der Waals surface area contributed by atoms with Crippen LogP contribution in [0.1, 0.15) is 68.9 Å². The van der Waals surface area contributed by atoms with E-state index in [1.807, 2.05) is 25.6 Å². The molecule has 6 rings (SSSR count). The van der Waals surface area contributed by atoms with Crippen molar-refractivity contribution in [3.63, 3.8) is 0 Å². The molecule has 2 aromatic carbocycles. The number of hydrogen-bond donors (Lipinski definition) is 0. The number of allylic oxidation sites excluding steroid dienone is 8. The summed E-state index contributed by atoms with van der Waals surface area (Å²) in [4.78, 5) is 0. The van der Waals surface area contributed by atoms with Crippen molar-refractivity contribution in [1.82, 2.24) is 0 Å². The van der Waals surface area contributed by atoms with E-state index in [4.69, 9.17) is 0 Å². The van der Waals surface area contributed by atoms with Gasteiger partial charge in [0, 0.05) is 0 Å². The van der Waals surface area contributed by atoms with Crippen LogP contribution in [-0.2, 0) is 21.0 Å². The fraction of sp³-hybridized carbons (Fsp3) is 0.323. The summed E-state index contributed by atoms with van der Waals surface area (Å²) in [6.45, 7) is 0. The molecule has 3 heteroatoms. The van der Waals surface area contributed by atoms with E-state index < -0.39 is 21.0 Å². The Morgan fingerprint density at radius 2 is 1.15 bits per heavy atom. The molecule has 0 aromatic heterocycles. The minimum Gasteiger partial charge on any atom is -0.147 e. The van der Waals surface area contributed by atoms with Gasteiger partial charge in [0.2, 0.25) is 0 Å². The predicted molar refractivity (Wildman–Crippen MR) is 147 cm³/mol. The van der Waals surface area contributed by atoms with Gasteiger partial charge in [0.15, 0.2) is 0 Å². The van der Waals surface area contributed by atoms with E-state index in [2.05, 4.69) is 78.9 Å². The zero-order chi connectivity index (χ0) is 21.3. The van der Waals surface area contributed by atoms with Crippen LogP contribution in [0.3, 0.4) is 0 Å². The van der Waals surface area contributed by atoms with Crippen LogP contribution in [0.25, 0.3) is 0 Å². The van der Waals surface area contributed by atoms with Gasteiger partial charge in [0.1, 0.15) is 0 Å². The maximum absolute atomic E-state index is 2.53. The van der Waals surface area contributed by atoms with Gasteiger partial charge in [-0.05, 0) is 0 Å². The molecule has 0 saturated carbocycles. The van der Waals surface area contributed by atoms with Gasteiger partial charge in [-0.1, -0.05) is 0 Å². The van der Waals surface area contributed by atoms with Crippen LogP contribution in [0.15, 0.2) is 105 Å². The third kappa shape index (κ3) is 4.73. The van der Waals surface area contributed by atoms with Crippen molar-refractivity contribution in [2.45, 2.75) is 61.5 Å². The van der Waals surface area contributed by atoms with E-state index in [1.54, 1.807) is 3.26 Å². The van der Waals surface area contributed by atoms with Crippen LogP contribution in [-0.4, -0.2) is 3.26 Å². The molecule has 176 valence electrons. The quantitative estimate of drug-likeness (QED) is 0.288. The van der Waals surface area contributed by atoms with Crippen molar-refractivity contribution in [2.24, 2.45) is 0 Å². The van der Waals surface area contributed by atoms with E-state index in [1.165, 1.54) is 68.9 Å². The van der Waals surface area contributed by atoms with Crippen molar-refractivity contribution < 1.29 is 21.0 Å². The molecule has 0 spiro atoms. The molecule has 4 aliphatic rings. The molecule has 0 radical (unpaired) electrons. The van der Waals surface area contributed by atoms with Gasteiger partial charge in [-0.3, -0.25) is 0 Å². The topological polar surface area (TPSA) is 0 Å². The summed E-state index contributed by atoms with van der Waals surface area (Å²) in [5, 5.41) is 0. The Kier molecular flexibility index (Phi) is 8.83. The van der Waals surface area contributed by atoms with Gasteiger partial charge in [-0.2, -0.15) is 0 Å². The van der Waals surface area contributed by atoms with Gasteiger partial charge >= 0.3 is 201 Å². The first-order valence-corrected chi connectivity index (χ1v) is 18.2. The number of rotatable bonds is 4. The van der Waals surface area contributed by atoms with Gasteiger partial charge in [-0.25, -0.2) is 0 Å². The van der Waals surface area contributed by atoms with Crippen LogP contribution in [0, 0.1) is 0 Å². The van der Waals surface area contributed by atoms with Crippen molar-refractivity contribution in [3.05, 3.63) is 116 Å². The summed E-state index contributed by atoms with van der Waals surface area (Å²) in [7, 11) is 0. The van der Waals surface area contributed by atoms with Gasteiger partial charge in [-0.15, -0.1) is 24.8 Å². The summed E-state index contributed by atoms with van der Waals surface area (Å²) in [5.74, 6) is 0. The second-order valence-corrected chi connectivity index (χ2v) is 18.9. The Balaban J connectivity index is 0.00000137. The average Bonchev–Trinajstić information content (AvgIpc) is 3.51. The van der Waals surface area contributed by atoms with Crippen LogP contribution in [0.5, 0.6) is 0 Å². The first-order valence-electron chi connectivity index (χ1n) is 12.6. The Bertz CT molecular complexity index is 1110. The second kappa shape index (κ2) is 11.6. The van der Waals surface area contributed by atoms with Crippen molar-refractivity contribution in [2.75, 3.05) is 0 Å². The molecule has 0 fully saturated rings. The number of fused-ring (bicyclic) bond motifs is 1. The molecule has 0 amide bonds. The molecule has 2 aromatic rings. The zero-order valence-electron chi connectivity index (χ0n) is 19.8. The molecule has 0 saturated heterocycles. The third-order valence-electron chi connectivity index (χ3n) is 7.88. The Morgan fingerprint density at radius 1 is 0.647 bits per heavy atom. The number of halogens is 2. The SMILES string of the molecule is C1=CC[C]([Hf](=[C](c2ccccc2)c2ccccc2)[CH]2C3=C(CCCC3)C3=C2CCCC3)=C1.Cl.Cl. The zero-order valence-corrected chi connectivity index (χ0v) is 25.0. The van der Waals surface area contributed by atoms with Crippen LogP contribution >= 0.6 is 24.8 Å². The monoisotopic (exact) mass is 656 g/mol. The molecule has 34 heavy (non-hydrogen) atoms. The Hall–Kier alpha value is -1.28. The molecule has 0 N–H and O–H groups in total. The standard InChI is InChI=1S/C13H17.C13H10.C5H5.2ClH.Hf/c1-3-7-12-10(5-1)9-11-6-2-4-8-13(11)12;1-3-7-12(8-4-1)11-13-9-5-2-6-10-13;1-2-4-5-3-1;;;/h9H,1-8H2;1-10H;1-3H,4H2;2*1H;. The number of benzene rings is 2. The van der Waals surface area contributed by atoms with Crippen LogP contribution in [0.2, 0.25) is 3.67 Å². The second-order valence-electron chi connectivity index (χ2n) is 9.70. The Labute approximate surface area is 224 Å². The normalized spacial score (nSPS) is 19.1. The van der Waals surface area contributed by atoms with Gasteiger partial charge in [0.25, 0.3) is 0 Å². The predicted octanol–water partition coefficient (Wildman–Crippen LogP) is 9.10. The van der Waals surface area contributed by atoms with E-state index >= 15 is 0 Å². The molecule has 0 heterocycles. The summed E-state index contributed by atoms with van der Waals surface area (Å²) in [6, 6.07) is 22.9. The fourth-order valence-electron chi connectivity index (χ4n) is 6.57. The smallest absolute Gasteiger partial charge is 0.147 e. The summed E-state index contributed by atoms with van der Waals surface area (Å²) >= 11 is -2.52. The van der Waals surface area contributed by atoms with Crippen LogP contribution in [0.4, 0.5) is 0 Å². The third-order valence-corrected chi connectivity index (χ3v) is 20.3. The molecule has 0 unspecified atom stereocenters. The van der Waals surface area contributed by atoms with E-state index in [0.717, 1.165) is 3.67 Å². The van der Waals surface area contributed by atoms with E-state index in [9.17, 15) is 0 Å². The number of hydrogen-bond acceptors (Lipinski definition) is 0. The van der Waals surface area contributed by atoms with E-state index in [-0.39, 0.29) is 24.8 Å². The van der Waals surface area contributed by atoms with Gasteiger partial charge in [0.05, 0.1) is 0 Å². The molecule has 0 aliphatic heterocycles. The maximum Gasteiger partial charge on any atom is -0.147 e. The van der Waals surface area contributed by atoms with E-state index in [0.29, 0.717) is 0 Å². The Morgan fingerprint density at radius 3 is 1.62 bits per heavy atom. The first kappa shape index (κ1) is 25.8. The minimum atomic E-state index is -2.52. The fourth-order valence-corrected chi connectivity index (χ4v) is 20.5. The minimum absolute atomic E-state index is 0. The first-order chi connectivity index (χ1) is 15.9. The molecule has 0 bridgehead atoms.